The zero-order chi connectivity index (χ0) is 10.7. The van der Waals surface area contributed by atoms with Gasteiger partial charge in [-0.25, -0.2) is 0 Å². The van der Waals surface area contributed by atoms with E-state index in [-0.39, 0.29) is 17.5 Å². The lowest BCUT2D eigenvalue weighted by Gasteiger charge is -2.21. The molecule has 0 radical (unpaired) electrons. The maximum atomic E-state index is 11.9. The van der Waals surface area contributed by atoms with Crippen LogP contribution in [0.1, 0.15) is 39.5 Å². The van der Waals surface area contributed by atoms with Crippen molar-refractivity contribution in [2.24, 2.45) is 11.8 Å². The van der Waals surface area contributed by atoms with Gasteiger partial charge in [-0.1, -0.05) is 36.2 Å². The molecule has 0 spiro atoms. The SMILES string of the molecule is CCC1CCC(=O)C(Br)C(=O)C1CC. The van der Waals surface area contributed by atoms with Crippen molar-refractivity contribution in [3.05, 3.63) is 0 Å². The first kappa shape index (κ1) is 11.9. The van der Waals surface area contributed by atoms with Crippen LogP contribution in [0.25, 0.3) is 0 Å². The van der Waals surface area contributed by atoms with E-state index in [1.54, 1.807) is 0 Å². The summed E-state index contributed by atoms with van der Waals surface area (Å²) >= 11 is 3.21. The van der Waals surface area contributed by atoms with E-state index in [0.717, 1.165) is 19.3 Å². The molecule has 0 saturated heterocycles. The van der Waals surface area contributed by atoms with Crippen LogP contribution in [0.2, 0.25) is 0 Å². The molecule has 2 nitrogen and oxygen atoms in total. The van der Waals surface area contributed by atoms with Crippen LogP contribution in [-0.2, 0) is 9.59 Å². The summed E-state index contributed by atoms with van der Waals surface area (Å²) < 4.78 is 0. The molecular formula is C11H17BrO2. The lowest BCUT2D eigenvalue weighted by Crippen LogP contribution is -2.29. The van der Waals surface area contributed by atoms with Gasteiger partial charge >= 0.3 is 0 Å². The lowest BCUT2D eigenvalue weighted by molar-refractivity contribution is -0.127. The molecule has 1 rings (SSSR count). The van der Waals surface area contributed by atoms with E-state index in [2.05, 4.69) is 22.9 Å². The quantitative estimate of drug-likeness (QED) is 0.435. The molecule has 0 aromatic heterocycles. The predicted octanol–water partition coefficient (Wildman–Crippen LogP) is 2.73. The summed E-state index contributed by atoms with van der Waals surface area (Å²) in [5, 5.41) is 0. The molecule has 0 aliphatic heterocycles. The number of alkyl halides is 1. The van der Waals surface area contributed by atoms with Crippen molar-refractivity contribution in [3.63, 3.8) is 0 Å². The molecular weight excluding hydrogens is 244 g/mol. The van der Waals surface area contributed by atoms with Crippen LogP contribution < -0.4 is 0 Å². The Bertz CT molecular complexity index is 237. The Labute approximate surface area is 93.6 Å². The molecule has 1 fully saturated rings. The van der Waals surface area contributed by atoms with Gasteiger partial charge in [-0.15, -0.1) is 0 Å². The third kappa shape index (κ3) is 2.25. The highest BCUT2D eigenvalue weighted by Crippen LogP contribution is 2.31. The Morgan fingerprint density at radius 2 is 1.93 bits per heavy atom. The lowest BCUT2D eigenvalue weighted by atomic mass is 9.83. The van der Waals surface area contributed by atoms with E-state index in [0.29, 0.717) is 12.3 Å². The van der Waals surface area contributed by atoms with Crippen LogP contribution in [0.3, 0.4) is 0 Å². The number of carbonyl (C=O) groups is 2. The highest BCUT2D eigenvalue weighted by Gasteiger charge is 2.36. The van der Waals surface area contributed by atoms with Crippen molar-refractivity contribution in [1.29, 1.82) is 0 Å². The van der Waals surface area contributed by atoms with Crippen LogP contribution in [0.15, 0.2) is 0 Å². The summed E-state index contributed by atoms with van der Waals surface area (Å²) in [6.07, 6.45) is 3.28. The first-order chi connectivity index (χ1) is 6.61. The van der Waals surface area contributed by atoms with Gasteiger partial charge < -0.3 is 0 Å². The third-order valence-electron chi connectivity index (χ3n) is 3.19. The molecule has 1 aliphatic carbocycles. The number of ketones is 2. The van der Waals surface area contributed by atoms with Crippen LogP contribution in [0.5, 0.6) is 0 Å². The average Bonchev–Trinajstić information content (AvgIpc) is 2.30. The molecule has 1 aliphatic rings. The smallest absolute Gasteiger partial charge is 0.157 e. The molecule has 0 bridgehead atoms. The number of hydrogen-bond donors (Lipinski definition) is 0. The van der Waals surface area contributed by atoms with Gasteiger partial charge in [0.2, 0.25) is 0 Å². The molecule has 0 N–H and O–H groups in total. The van der Waals surface area contributed by atoms with Crippen molar-refractivity contribution >= 4 is 27.5 Å². The van der Waals surface area contributed by atoms with Crippen molar-refractivity contribution < 1.29 is 9.59 Å². The molecule has 3 unspecified atom stereocenters. The zero-order valence-electron chi connectivity index (χ0n) is 8.75. The maximum Gasteiger partial charge on any atom is 0.157 e. The fourth-order valence-electron chi connectivity index (χ4n) is 2.26. The highest BCUT2D eigenvalue weighted by molar-refractivity contribution is 9.10. The average molecular weight is 261 g/mol. The van der Waals surface area contributed by atoms with Crippen molar-refractivity contribution in [1.82, 2.24) is 0 Å². The largest absolute Gasteiger partial charge is 0.298 e. The minimum Gasteiger partial charge on any atom is -0.298 e. The van der Waals surface area contributed by atoms with E-state index in [1.807, 2.05) is 6.92 Å². The third-order valence-corrected chi connectivity index (χ3v) is 4.15. The van der Waals surface area contributed by atoms with E-state index in [9.17, 15) is 9.59 Å². The van der Waals surface area contributed by atoms with Gasteiger partial charge in [0.1, 0.15) is 4.83 Å². The molecule has 0 amide bonds. The Balaban J connectivity index is 2.86. The second-order valence-electron chi connectivity index (χ2n) is 3.95. The molecule has 14 heavy (non-hydrogen) atoms. The summed E-state index contributed by atoms with van der Waals surface area (Å²) in [5.74, 6) is 0.640. The number of rotatable bonds is 2. The van der Waals surface area contributed by atoms with Gasteiger partial charge in [-0.3, -0.25) is 9.59 Å². The molecule has 0 heterocycles. The number of carbonyl (C=O) groups excluding carboxylic acids is 2. The van der Waals surface area contributed by atoms with E-state index in [4.69, 9.17) is 0 Å². The minimum atomic E-state index is -0.538. The fourth-order valence-corrected chi connectivity index (χ4v) is 2.83. The highest BCUT2D eigenvalue weighted by atomic mass is 79.9. The fraction of sp³-hybridized carbons (Fsp3) is 0.818. The molecule has 3 atom stereocenters. The van der Waals surface area contributed by atoms with Gasteiger partial charge in [0, 0.05) is 12.3 Å². The maximum absolute atomic E-state index is 11.9. The molecule has 80 valence electrons. The second kappa shape index (κ2) is 5.06. The molecule has 3 heteroatoms. The van der Waals surface area contributed by atoms with Gasteiger partial charge in [-0.2, -0.15) is 0 Å². The standard InChI is InChI=1S/C11H17BrO2/c1-3-7-5-6-9(13)10(12)11(14)8(7)4-2/h7-8,10H,3-6H2,1-2H3. The number of hydrogen-bond acceptors (Lipinski definition) is 2. The molecule has 0 aromatic carbocycles. The van der Waals surface area contributed by atoms with Gasteiger partial charge in [0.25, 0.3) is 0 Å². The summed E-state index contributed by atoms with van der Waals surface area (Å²) in [4.78, 5) is 22.8. The Morgan fingerprint density at radius 1 is 1.29 bits per heavy atom. The van der Waals surface area contributed by atoms with Gasteiger partial charge in [-0.05, 0) is 18.8 Å². The minimum absolute atomic E-state index is 0.0596. The Morgan fingerprint density at radius 3 is 2.43 bits per heavy atom. The first-order valence-electron chi connectivity index (χ1n) is 5.32. The van der Waals surface area contributed by atoms with E-state index >= 15 is 0 Å². The Hall–Kier alpha value is -0.180. The van der Waals surface area contributed by atoms with E-state index in [1.165, 1.54) is 0 Å². The van der Waals surface area contributed by atoms with Crippen molar-refractivity contribution in [3.8, 4) is 0 Å². The monoisotopic (exact) mass is 260 g/mol. The summed E-state index contributed by atoms with van der Waals surface area (Å²) in [6.45, 7) is 4.13. The van der Waals surface area contributed by atoms with Crippen molar-refractivity contribution in [2.75, 3.05) is 0 Å². The number of Topliss-reactive ketones (excluding diaryl/α,β-unsaturated/α-hetero) is 2. The predicted molar refractivity (Wildman–Crippen MR) is 59.5 cm³/mol. The number of halogens is 1. The molecule has 0 aromatic rings. The summed E-state index contributed by atoms with van der Waals surface area (Å²) in [7, 11) is 0. The topological polar surface area (TPSA) is 34.1 Å². The second-order valence-corrected chi connectivity index (χ2v) is 4.87. The van der Waals surface area contributed by atoms with E-state index < -0.39 is 4.83 Å². The zero-order valence-corrected chi connectivity index (χ0v) is 10.3. The first-order valence-corrected chi connectivity index (χ1v) is 6.23. The van der Waals surface area contributed by atoms with Crippen LogP contribution >= 0.6 is 15.9 Å². The van der Waals surface area contributed by atoms with Crippen LogP contribution in [0, 0.1) is 11.8 Å². The van der Waals surface area contributed by atoms with Crippen molar-refractivity contribution in [2.45, 2.75) is 44.4 Å². The summed E-state index contributed by atoms with van der Waals surface area (Å²) in [5.41, 5.74) is 0. The van der Waals surface area contributed by atoms with Crippen LogP contribution in [0.4, 0.5) is 0 Å². The van der Waals surface area contributed by atoms with Gasteiger partial charge in [0.15, 0.2) is 11.6 Å². The molecule has 1 saturated carbocycles. The Kier molecular flexibility index (Phi) is 4.30. The summed E-state index contributed by atoms with van der Waals surface area (Å²) in [6, 6.07) is 0. The van der Waals surface area contributed by atoms with Gasteiger partial charge in [0.05, 0.1) is 0 Å². The normalized spacial score (nSPS) is 34.4. The van der Waals surface area contributed by atoms with Crippen LogP contribution in [-0.4, -0.2) is 16.4 Å².